The lowest BCUT2D eigenvalue weighted by Gasteiger charge is -2.03. The molecule has 0 radical (unpaired) electrons. The summed E-state index contributed by atoms with van der Waals surface area (Å²) >= 11 is 0. The third-order valence-corrected chi connectivity index (χ3v) is 2.81. The van der Waals surface area contributed by atoms with Crippen molar-refractivity contribution in [3.8, 4) is 5.69 Å². The normalized spacial score (nSPS) is 10.6. The van der Waals surface area contributed by atoms with Crippen LogP contribution in [0.2, 0.25) is 0 Å². The molecule has 2 N–H and O–H groups in total. The van der Waals surface area contributed by atoms with E-state index < -0.39 is 0 Å². The zero-order valence-electron chi connectivity index (χ0n) is 10.9. The van der Waals surface area contributed by atoms with E-state index in [4.69, 9.17) is 10.5 Å². The Balaban J connectivity index is 2.09. The predicted molar refractivity (Wildman–Crippen MR) is 72.0 cm³/mol. The van der Waals surface area contributed by atoms with Crippen LogP contribution in [-0.4, -0.2) is 29.4 Å². The van der Waals surface area contributed by atoms with E-state index in [1.54, 1.807) is 11.8 Å². The number of hydrogen-bond donors (Lipinski definition) is 1. The molecule has 0 saturated carbocycles. The summed E-state index contributed by atoms with van der Waals surface area (Å²) < 4.78 is 6.84. The molecule has 1 heterocycles. The standard InChI is InChI=1S/C14H17N3O2/c1-19-7-6-12-9-16-17(10-12)13-4-2-11(3-5-13)8-14(15)18/h2-5,9-10H,6-8H2,1H3,(H2,15,18). The lowest BCUT2D eigenvalue weighted by Crippen LogP contribution is -2.13. The number of ether oxygens (including phenoxy) is 1. The fourth-order valence-corrected chi connectivity index (χ4v) is 1.82. The van der Waals surface area contributed by atoms with Gasteiger partial charge in [-0.15, -0.1) is 0 Å². The lowest BCUT2D eigenvalue weighted by molar-refractivity contribution is -0.117. The van der Waals surface area contributed by atoms with Gasteiger partial charge in [-0.3, -0.25) is 4.79 Å². The van der Waals surface area contributed by atoms with Crippen molar-refractivity contribution in [1.29, 1.82) is 0 Å². The van der Waals surface area contributed by atoms with Crippen molar-refractivity contribution >= 4 is 5.91 Å². The van der Waals surface area contributed by atoms with Crippen molar-refractivity contribution in [2.75, 3.05) is 13.7 Å². The minimum absolute atomic E-state index is 0.262. The van der Waals surface area contributed by atoms with E-state index in [1.807, 2.05) is 36.7 Å². The molecule has 0 unspecified atom stereocenters. The summed E-state index contributed by atoms with van der Waals surface area (Å²) in [6, 6.07) is 7.62. The van der Waals surface area contributed by atoms with Crippen molar-refractivity contribution < 1.29 is 9.53 Å². The molecule has 0 aliphatic rings. The second-order valence-corrected chi connectivity index (χ2v) is 4.35. The fraction of sp³-hybridized carbons (Fsp3) is 0.286. The third-order valence-electron chi connectivity index (χ3n) is 2.81. The molecular weight excluding hydrogens is 242 g/mol. The maximum atomic E-state index is 10.8. The number of primary amides is 1. The molecule has 5 nitrogen and oxygen atoms in total. The number of nitrogens with zero attached hydrogens (tertiary/aromatic N) is 2. The summed E-state index contributed by atoms with van der Waals surface area (Å²) in [5.41, 5.74) is 8.14. The van der Waals surface area contributed by atoms with Crippen LogP contribution in [0.1, 0.15) is 11.1 Å². The van der Waals surface area contributed by atoms with Gasteiger partial charge in [-0.05, 0) is 29.7 Å². The SMILES string of the molecule is COCCc1cnn(-c2ccc(CC(N)=O)cc2)c1. The van der Waals surface area contributed by atoms with E-state index in [2.05, 4.69) is 5.10 Å². The summed E-state index contributed by atoms with van der Waals surface area (Å²) in [5.74, 6) is -0.325. The number of nitrogens with two attached hydrogens (primary N) is 1. The third kappa shape index (κ3) is 3.66. The van der Waals surface area contributed by atoms with Gasteiger partial charge in [0.25, 0.3) is 0 Å². The number of carbonyl (C=O) groups excluding carboxylic acids is 1. The number of methoxy groups -OCH3 is 1. The van der Waals surface area contributed by atoms with Crippen LogP contribution in [0.5, 0.6) is 0 Å². The molecule has 1 aromatic carbocycles. The van der Waals surface area contributed by atoms with E-state index in [0.29, 0.717) is 6.61 Å². The molecule has 0 aliphatic carbocycles. The number of carbonyl (C=O) groups is 1. The van der Waals surface area contributed by atoms with Gasteiger partial charge in [-0.2, -0.15) is 5.10 Å². The molecule has 5 heteroatoms. The Morgan fingerprint density at radius 3 is 2.68 bits per heavy atom. The van der Waals surface area contributed by atoms with Gasteiger partial charge in [-0.25, -0.2) is 4.68 Å². The molecule has 1 amide bonds. The van der Waals surface area contributed by atoms with Crippen molar-refractivity contribution in [1.82, 2.24) is 9.78 Å². The molecule has 100 valence electrons. The van der Waals surface area contributed by atoms with Crippen LogP contribution in [-0.2, 0) is 22.4 Å². The molecule has 2 rings (SSSR count). The molecule has 0 bridgehead atoms. The van der Waals surface area contributed by atoms with E-state index in [-0.39, 0.29) is 12.3 Å². The Hall–Kier alpha value is -2.14. The van der Waals surface area contributed by atoms with Gasteiger partial charge in [0.05, 0.1) is 24.9 Å². The van der Waals surface area contributed by atoms with Gasteiger partial charge in [0.2, 0.25) is 5.91 Å². The predicted octanol–water partition coefficient (Wildman–Crippen LogP) is 1.09. The van der Waals surface area contributed by atoms with Crippen molar-refractivity contribution in [2.45, 2.75) is 12.8 Å². The Morgan fingerprint density at radius 1 is 1.32 bits per heavy atom. The first kappa shape index (κ1) is 13.3. The molecule has 2 aromatic rings. The summed E-state index contributed by atoms with van der Waals surface area (Å²) in [6.45, 7) is 0.684. The maximum absolute atomic E-state index is 10.8. The second kappa shape index (κ2) is 6.15. The number of amides is 1. The van der Waals surface area contributed by atoms with Crippen LogP contribution in [0.3, 0.4) is 0 Å². The topological polar surface area (TPSA) is 70.1 Å². The van der Waals surface area contributed by atoms with Crippen LogP contribution in [0, 0.1) is 0 Å². The van der Waals surface area contributed by atoms with Crippen LogP contribution >= 0.6 is 0 Å². The summed E-state index contributed by atoms with van der Waals surface area (Å²) in [5, 5.41) is 4.30. The first-order chi connectivity index (χ1) is 9.19. The van der Waals surface area contributed by atoms with E-state index in [9.17, 15) is 4.79 Å². The smallest absolute Gasteiger partial charge is 0.221 e. The molecule has 0 fully saturated rings. The highest BCUT2D eigenvalue weighted by Crippen LogP contribution is 2.11. The molecule has 0 atom stereocenters. The molecular formula is C14H17N3O2. The van der Waals surface area contributed by atoms with Crippen molar-refractivity contribution in [2.24, 2.45) is 5.73 Å². The summed E-state index contributed by atoms with van der Waals surface area (Å²) in [6.07, 6.45) is 4.91. The average molecular weight is 259 g/mol. The first-order valence-electron chi connectivity index (χ1n) is 6.09. The highest BCUT2D eigenvalue weighted by molar-refractivity contribution is 5.76. The minimum atomic E-state index is -0.325. The Morgan fingerprint density at radius 2 is 2.05 bits per heavy atom. The van der Waals surface area contributed by atoms with Gasteiger partial charge in [-0.1, -0.05) is 12.1 Å². The van der Waals surface area contributed by atoms with Gasteiger partial charge in [0, 0.05) is 13.3 Å². The maximum Gasteiger partial charge on any atom is 0.221 e. The lowest BCUT2D eigenvalue weighted by atomic mass is 10.1. The molecule has 0 aliphatic heterocycles. The van der Waals surface area contributed by atoms with Gasteiger partial charge < -0.3 is 10.5 Å². The first-order valence-corrected chi connectivity index (χ1v) is 6.09. The number of benzene rings is 1. The molecule has 0 spiro atoms. The largest absolute Gasteiger partial charge is 0.384 e. The van der Waals surface area contributed by atoms with Crippen LogP contribution < -0.4 is 5.73 Å². The summed E-state index contributed by atoms with van der Waals surface area (Å²) in [7, 11) is 1.68. The van der Waals surface area contributed by atoms with E-state index >= 15 is 0 Å². The van der Waals surface area contributed by atoms with Crippen molar-refractivity contribution in [3.63, 3.8) is 0 Å². The Kier molecular flexibility index (Phi) is 4.30. The number of aromatic nitrogens is 2. The van der Waals surface area contributed by atoms with Crippen molar-refractivity contribution in [3.05, 3.63) is 47.8 Å². The monoisotopic (exact) mass is 259 g/mol. The highest BCUT2D eigenvalue weighted by atomic mass is 16.5. The highest BCUT2D eigenvalue weighted by Gasteiger charge is 2.02. The minimum Gasteiger partial charge on any atom is -0.384 e. The van der Waals surface area contributed by atoms with Gasteiger partial charge in [0.1, 0.15) is 0 Å². The van der Waals surface area contributed by atoms with E-state index in [0.717, 1.165) is 23.2 Å². The van der Waals surface area contributed by atoms with Crippen LogP contribution in [0.15, 0.2) is 36.7 Å². The average Bonchev–Trinajstić information content (AvgIpc) is 2.85. The van der Waals surface area contributed by atoms with Gasteiger partial charge >= 0.3 is 0 Å². The molecule has 0 saturated heterocycles. The number of hydrogen-bond acceptors (Lipinski definition) is 3. The second-order valence-electron chi connectivity index (χ2n) is 4.35. The Bertz CT molecular complexity index is 546. The molecule has 19 heavy (non-hydrogen) atoms. The van der Waals surface area contributed by atoms with Crippen LogP contribution in [0.4, 0.5) is 0 Å². The van der Waals surface area contributed by atoms with E-state index in [1.165, 1.54) is 0 Å². The Labute approximate surface area is 112 Å². The zero-order valence-corrected chi connectivity index (χ0v) is 10.9. The van der Waals surface area contributed by atoms with Gasteiger partial charge in [0.15, 0.2) is 0 Å². The van der Waals surface area contributed by atoms with Crippen LogP contribution in [0.25, 0.3) is 5.69 Å². The zero-order chi connectivity index (χ0) is 13.7. The summed E-state index contributed by atoms with van der Waals surface area (Å²) in [4.78, 5) is 10.8. The fourth-order valence-electron chi connectivity index (χ4n) is 1.82. The quantitative estimate of drug-likeness (QED) is 0.844. The molecule has 1 aromatic heterocycles. The number of rotatable bonds is 6.